The Morgan fingerprint density at radius 3 is 2.18 bits per heavy atom. The number of Topliss-reactive ketones (excluding diaryl/α,β-unsaturated/α-hetero) is 1. The zero-order valence-electron chi connectivity index (χ0n) is 10.3. The van der Waals surface area contributed by atoms with E-state index in [-0.39, 0.29) is 29.8 Å². The highest BCUT2D eigenvalue weighted by Gasteiger charge is 2.41. The van der Waals surface area contributed by atoms with E-state index in [2.05, 4.69) is 22.9 Å². The number of ether oxygens (including phenoxy) is 1. The Balaban J connectivity index is 2.23. The van der Waals surface area contributed by atoms with Gasteiger partial charge in [-0.25, -0.2) is 0 Å². The molecule has 4 atom stereocenters. The van der Waals surface area contributed by atoms with Gasteiger partial charge in [-0.15, -0.1) is 0 Å². The lowest BCUT2D eigenvalue weighted by molar-refractivity contribution is 0.0491. The van der Waals surface area contributed by atoms with E-state index in [0.717, 1.165) is 10.0 Å². The average molecular weight is 297 g/mol. The molecule has 1 fully saturated rings. The third-order valence-electron chi connectivity index (χ3n) is 3.67. The van der Waals surface area contributed by atoms with Gasteiger partial charge in [-0.05, 0) is 31.9 Å². The van der Waals surface area contributed by atoms with E-state index in [0.29, 0.717) is 0 Å². The summed E-state index contributed by atoms with van der Waals surface area (Å²) in [4.78, 5) is 12.4. The lowest BCUT2D eigenvalue weighted by atomic mass is 9.83. The Morgan fingerprint density at radius 2 is 1.71 bits per heavy atom. The molecular weight excluding hydrogens is 280 g/mol. The maximum absolute atomic E-state index is 12.4. The van der Waals surface area contributed by atoms with E-state index in [9.17, 15) is 4.79 Å². The van der Waals surface area contributed by atoms with Gasteiger partial charge in [-0.2, -0.15) is 0 Å². The van der Waals surface area contributed by atoms with Gasteiger partial charge in [-0.3, -0.25) is 4.79 Å². The average Bonchev–Trinajstić information content (AvgIpc) is 2.53. The van der Waals surface area contributed by atoms with Gasteiger partial charge in [0.1, 0.15) is 0 Å². The van der Waals surface area contributed by atoms with Crippen LogP contribution < -0.4 is 0 Å². The van der Waals surface area contributed by atoms with Crippen LogP contribution in [-0.2, 0) is 4.74 Å². The Kier molecular flexibility index (Phi) is 3.69. The normalized spacial score (nSPS) is 32.7. The second-order valence-electron chi connectivity index (χ2n) is 4.80. The van der Waals surface area contributed by atoms with Crippen molar-refractivity contribution in [3.05, 3.63) is 34.3 Å². The fraction of sp³-hybridized carbons (Fsp3) is 0.500. The van der Waals surface area contributed by atoms with Gasteiger partial charge in [-0.1, -0.05) is 35.0 Å². The van der Waals surface area contributed by atoms with Crippen molar-refractivity contribution < 1.29 is 9.53 Å². The first-order valence-corrected chi connectivity index (χ1v) is 6.75. The molecule has 1 aromatic rings. The first-order valence-electron chi connectivity index (χ1n) is 5.96. The molecule has 1 aliphatic heterocycles. The van der Waals surface area contributed by atoms with E-state index in [1.54, 1.807) is 0 Å². The number of benzene rings is 1. The van der Waals surface area contributed by atoms with Crippen LogP contribution in [0.15, 0.2) is 28.7 Å². The van der Waals surface area contributed by atoms with E-state index >= 15 is 0 Å². The highest BCUT2D eigenvalue weighted by molar-refractivity contribution is 9.10. The van der Waals surface area contributed by atoms with Gasteiger partial charge in [0.25, 0.3) is 0 Å². The van der Waals surface area contributed by atoms with Crippen molar-refractivity contribution >= 4 is 21.7 Å². The smallest absolute Gasteiger partial charge is 0.168 e. The van der Waals surface area contributed by atoms with Crippen LogP contribution in [0.4, 0.5) is 0 Å². The summed E-state index contributed by atoms with van der Waals surface area (Å²) >= 11 is 3.38. The van der Waals surface area contributed by atoms with Crippen LogP contribution in [0.25, 0.3) is 0 Å². The Morgan fingerprint density at radius 1 is 1.12 bits per heavy atom. The van der Waals surface area contributed by atoms with Crippen molar-refractivity contribution in [2.24, 2.45) is 11.8 Å². The quantitative estimate of drug-likeness (QED) is 0.778. The molecule has 0 bridgehead atoms. The van der Waals surface area contributed by atoms with E-state index < -0.39 is 0 Å². The van der Waals surface area contributed by atoms with E-state index in [4.69, 9.17) is 4.74 Å². The monoisotopic (exact) mass is 296 g/mol. The molecule has 0 amide bonds. The summed E-state index contributed by atoms with van der Waals surface area (Å²) in [7, 11) is 0. The third-order valence-corrected chi connectivity index (χ3v) is 4.20. The number of hydrogen-bond acceptors (Lipinski definition) is 2. The summed E-state index contributed by atoms with van der Waals surface area (Å²) in [6.07, 6.45) is 0.172. The van der Waals surface area contributed by atoms with Gasteiger partial charge >= 0.3 is 0 Å². The lowest BCUT2D eigenvalue weighted by Gasteiger charge is -2.17. The SMILES string of the molecule is CC1OC(C)C(C(=O)c2ccc(Br)cc2)C1C. The van der Waals surface area contributed by atoms with Crippen LogP contribution in [0.5, 0.6) is 0 Å². The minimum Gasteiger partial charge on any atom is -0.374 e. The molecule has 1 heterocycles. The van der Waals surface area contributed by atoms with Gasteiger partial charge in [0.2, 0.25) is 0 Å². The number of rotatable bonds is 2. The van der Waals surface area contributed by atoms with E-state index in [1.807, 2.05) is 38.1 Å². The summed E-state index contributed by atoms with van der Waals surface area (Å²) in [5.41, 5.74) is 0.773. The summed E-state index contributed by atoms with van der Waals surface area (Å²) in [5.74, 6) is 0.453. The van der Waals surface area contributed by atoms with Crippen molar-refractivity contribution in [3.8, 4) is 0 Å². The van der Waals surface area contributed by atoms with Crippen LogP contribution >= 0.6 is 15.9 Å². The molecule has 0 saturated carbocycles. The molecule has 2 nitrogen and oxygen atoms in total. The minimum atomic E-state index is -0.0221. The van der Waals surface area contributed by atoms with E-state index in [1.165, 1.54) is 0 Å². The van der Waals surface area contributed by atoms with Gasteiger partial charge in [0.05, 0.1) is 18.1 Å². The Bertz CT molecular complexity index is 413. The predicted octanol–water partition coefficient (Wildman–Crippen LogP) is 3.69. The maximum atomic E-state index is 12.4. The van der Waals surface area contributed by atoms with Crippen LogP contribution in [0.3, 0.4) is 0 Å². The number of carbonyl (C=O) groups is 1. The molecule has 2 rings (SSSR count). The zero-order valence-corrected chi connectivity index (χ0v) is 11.9. The first-order chi connectivity index (χ1) is 8.00. The molecule has 1 saturated heterocycles. The maximum Gasteiger partial charge on any atom is 0.168 e. The summed E-state index contributed by atoms with van der Waals surface area (Å²) in [6, 6.07) is 7.55. The standard InChI is InChI=1S/C14H17BrO2/c1-8-9(2)17-10(3)13(8)14(16)11-4-6-12(15)7-5-11/h4-10,13H,1-3H3. The molecule has 4 unspecified atom stereocenters. The van der Waals surface area contributed by atoms with Crippen molar-refractivity contribution in [1.82, 2.24) is 0 Å². The highest BCUT2D eigenvalue weighted by atomic mass is 79.9. The van der Waals surface area contributed by atoms with Crippen LogP contribution in [0.2, 0.25) is 0 Å². The third kappa shape index (κ3) is 2.45. The molecule has 92 valence electrons. The summed E-state index contributed by atoms with van der Waals surface area (Å²) in [6.45, 7) is 6.12. The minimum absolute atomic E-state index is 0.0103. The molecule has 0 radical (unpaired) electrons. The van der Waals surface area contributed by atoms with Gasteiger partial charge in [0.15, 0.2) is 5.78 Å². The van der Waals surface area contributed by atoms with Crippen molar-refractivity contribution in [1.29, 1.82) is 0 Å². The van der Waals surface area contributed by atoms with Crippen molar-refractivity contribution in [2.45, 2.75) is 33.0 Å². The number of ketones is 1. The Labute approximate surface area is 110 Å². The topological polar surface area (TPSA) is 26.3 Å². The van der Waals surface area contributed by atoms with Gasteiger partial charge < -0.3 is 4.74 Å². The molecular formula is C14H17BrO2. The molecule has 0 spiro atoms. The van der Waals surface area contributed by atoms with Gasteiger partial charge in [0, 0.05) is 10.0 Å². The summed E-state index contributed by atoms with van der Waals surface area (Å²) < 4.78 is 6.71. The zero-order chi connectivity index (χ0) is 12.6. The number of hydrogen-bond donors (Lipinski definition) is 0. The lowest BCUT2D eigenvalue weighted by Crippen LogP contribution is -2.26. The molecule has 0 aliphatic carbocycles. The predicted molar refractivity (Wildman–Crippen MR) is 71.1 cm³/mol. The molecule has 1 aromatic carbocycles. The second kappa shape index (κ2) is 4.91. The number of halogens is 1. The highest BCUT2D eigenvalue weighted by Crippen LogP contribution is 2.34. The van der Waals surface area contributed by atoms with Crippen molar-refractivity contribution in [3.63, 3.8) is 0 Å². The van der Waals surface area contributed by atoms with Crippen molar-refractivity contribution in [2.75, 3.05) is 0 Å². The molecule has 3 heteroatoms. The molecule has 0 aromatic heterocycles. The van der Waals surface area contributed by atoms with Crippen LogP contribution in [0, 0.1) is 11.8 Å². The molecule has 17 heavy (non-hydrogen) atoms. The molecule has 1 aliphatic rings. The van der Waals surface area contributed by atoms with Crippen LogP contribution in [0.1, 0.15) is 31.1 Å². The first kappa shape index (κ1) is 12.8. The number of carbonyl (C=O) groups excluding carboxylic acids is 1. The van der Waals surface area contributed by atoms with Crippen LogP contribution in [-0.4, -0.2) is 18.0 Å². The second-order valence-corrected chi connectivity index (χ2v) is 5.72. The fourth-order valence-corrected chi connectivity index (χ4v) is 2.79. The Hall–Kier alpha value is -0.670. The molecule has 0 N–H and O–H groups in total. The summed E-state index contributed by atoms with van der Waals surface area (Å²) in [5, 5.41) is 0. The fourth-order valence-electron chi connectivity index (χ4n) is 2.53. The largest absolute Gasteiger partial charge is 0.374 e.